The van der Waals surface area contributed by atoms with Crippen LogP contribution in [0.1, 0.15) is 31.2 Å². The fraction of sp³-hybridized carbons (Fsp3) is 0.571. The molecule has 0 saturated heterocycles. The molecular weight excluding hydrogens is 298 g/mol. The molecule has 0 atom stereocenters. The first kappa shape index (κ1) is 12.0. The van der Waals surface area contributed by atoms with E-state index in [2.05, 4.69) is 21.2 Å². The number of halogens is 2. The summed E-state index contributed by atoms with van der Waals surface area (Å²) >= 11 is 9.58. The predicted molar refractivity (Wildman–Crippen MR) is 75.2 cm³/mol. The number of rotatable bonds is 5. The van der Waals surface area contributed by atoms with E-state index in [0.717, 1.165) is 22.0 Å². The Morgan fingerprint density at radius 1 is 1.35 bits per heavy atom. The highest BCUT2D eigenvalue weighted by molar-refractivity contribution is 9.10. The van der Waals surface area contributed by atoms with Gasteiger partial charge in [-0.05, 0) is 60.8 Å². The monoisotopic (exact) mass is 313 g/mol. The second kappa shape index (κ2) is 4.56. The number of hydrogen-bond donors (Lipinski definition) is 1. The molecule has 17 heavy (non-hydrogen) atoms. The lowest BCUT2D eigenvalue weighted by atomic mass is 10.0. The lowest BCUT2D eigenvalue weighted by molar-refractivity contribution is 0.403. The lowest BCUT2D eigenvalue weighted by Crippen LogP contribution is -2.25. The molecule has 0 unspecified atom stereocenters. The minimum atomic E-state index is 0.672. The van der Waals surface area contributed by atoms with Gasteiger partial charge in [0.2, 0.25) is 0 Å². The SMILES string of the molecule is Clc1ccc(Br)c(CNCC2(C3CC3)CC2)c1. The van der Waals surface area contributed by atoms with Gasteiger partial charge in [-0.3, -0.25) is 0 Å². The zero-order chi connectivity index (χ0) is 11.9. The maximum absolute atomic E-state index is 6.01. The van der Waals surface area contributed by atoms with Crippen LogP contribution in [0.4, 0.5) is 0 Å². The van der Waals surface area contributed by atoms with Crippen LogP contribution in [0.3, 0.4) is 0 Å². The first-order chi connectivity index (χ1) is 8.20. The Morgan fingerprint density at radius 3 is 2.76 bits per heavy atom. The van der Waals surface area contributed by atoms with Gasteiger partial charge >= 0.3 is 0 Å². The molecule has 0 bridgehead atoms. The van der Waals surface area contributed by atoms with E-state index in [1.54, 1.807) is 0 Å². The van der Waals surface area contributed by atoms with Crippen molar-refractivity contribution in [3.05, 3.63) is 33.3 Å². The van der Waals surface area contributed by atoms with Crippen molar-refractivity contribution in [2.24, 2.45) is 11.3 Å². The second-order valence-corrected chi connectivity index (χ2v) is 6.77. The highest BCUT2D eigenvalue weighted by Crippen LogP contribution is 2.60. The molecule has 0 aromatic heterocycles. The van der Waals surface area contributed by atoms with Crippen LogP contribution in [-0.4, -0.2) is 6.54 Å². The van der Waals surface area contributed by atoms with Gasteiger partial charge in [-0.15, -0.1) is 0 Å². The Balaban J connectivity index is 1.55. The quantitative estimate of drug-likeness (QED) is 0.850. The summed E-state index contributed by atoms with van der Waals surface area (Å²) in [6, 6.07) is 5.98. The molecule has 2 aliphatic rings. The summed E-state index contributed by atoms with van der Waals surface area (Å²) in [4.78, 5) is 0. The van der Waals surface area contributed by atoms with Crippen LogP contribution in [0.2, 0.25) is 5.02 Å². The summed E-state index contributed by atoms with van der Waals surface area (Å²) < 4.78 is 1.14. The van der Waals surface area contributed by atoms with Gasteiger partial charge in [0.05, 0.1) is 0 Å². The van der Waals surface area contributed by atoms with Crippen molar-refractivity contribution in [3.63, 3.8) is 0 Å². The van der Waals surface area contributed by atoms with E-state index < -0.39 is 0 Å². The number of hydrogen-bond acceptors (Lipinski definition) is 1. The number of benzene rings is 1. The molecule has 2 fully saturated rings. The molecule has 1 aromatic rings. The zero-order valence-electron chi connectivity index (χ0n) is 9.81. The third-order valence-corrected chi connectivity index (χ3v) is 5.14. The van der Waals surface area contributed by atoms with Crippen LogP contribution in [0.5, 0.6) is 0 Å². The van der Waals surface area contributed by atoms with Gasteiger partial charge in [-0.25, -0.2) is 0 Å². The highest BCUT2D eigenvalue weighted by Gasteiger charge is 2.53. The van der Waals surface area contributed by atoms with E-state index >= 15 is 0 Å². The standard InChI is InChI=1S/C14H17BrClN/c15-13-4-3-12(16)7-10(13)8-17-9-14(5-6-14)11-1-2-11/h3-4,7,11,17H,1-2,5-6,8-9H2. The molecule has 1 N–H and O–H groups in total. The summed E-state index contributed by atoms with van der Waals surface area (Å²) in [5.74, 6) is 1.03. The molecule has 1 aromatic carbocycles. The van der Waals surface area contributed by atoms with Gasteiger partial charge in [-0.2, -0.15) is 0 Å². The summed E-state index contributed by atoms with van der Waals surface area (Å²) in [5, 5.41) is 4.42. The van der Waals surface area contributed by atoms with Crippen molar-refractivity contribution in [1.29, 1.82) is 0 Å². The number of nitrogens with one attached hydrogen (secondary N) is 1. The van der Waals surface area contributed by atoms with Crippen molar-refractivity contribution in [1.82, 2.24) is 5.32 Å². The molecule has 3 rings (SSSR count). The van der Waals surface area contributed by atoms with E-state index in [9.17, 15) is 0 Å². The van der Waals surface area contributed by atoms with Crippen LogP contribution in [0.15, 0.2) is 22.7 Å². The third-order valence-electron chi connectivity index (χ3n) is 4.14. The van der Waals surface area contributed by atoms with Gasteiger partial charge in [-0.1, -0.05) is 27.5 Å². The van der Waals surface area contributed by atoms with Crippen LogP contribution < -0.4 is 5.32 Å². The van der Waals surface area contributed by atoms with Gasteiger partial charge in [0.15, 0.2) is 0 Å². The van der Waals surface area contributed by atoms with Crippen LogP contribution in [-0.2, 0) is 6.54 Å². The smallest absolute Gasteiger partial charge is 0.0410 e. The molecule has 1 nitrogen and oxygen atoms in total. The Bertz CT molecular complexity index is 424. The van der Waals surface area contributed by atoms with Gasteiger partial charge in [0.25, 0.3) is 0 Å². The normalized spacial score (nSPS) is 21.5. The van der Waals surface area contributed by atoms with E-state index in [0.29, 0.717) is 5.41 Å². The molecule has 0 aliphatic heterocycles. The van der Waals surface area contributed by atoms with Crippen molar-refractivity contribution >= 4 is 27.5 Å². The van der Waals surface area contributed by atoms with Crippen LogP contribution in [0.25, 0.3) is 0 Å². The topological polar surface area (TPSA) is 12.0 Å². The first-order valence-electron chi connectivity index (χ1n) is 6.34. The summed E-state index contributed by atoms with van der Waals surface area (Å²) in [7, 11) is 0. The molecule has 0 spiro atoms. The molecule has 0 radical (unpaired) electrons. The second-order valence-electron chi connectivity index (χ2n) is 5.48. The maximum Gasteiger partial charge on any atom is 0.0410 e. The van der Waals surface area contributed by atoms with Gasteiger partial charge in [0, 0.05) is 22.6 Å². The Kier molecular flexibility index (Phi) is 3.22. The lowest BCUT2D eigenvalue weighted by Gasteiger charge is -2.15. The Hall–Kier alpha value is -0.0500. The molecule has 3 heteroatoms. The highest BCUT2D eigenvalue weighted by atomic mass is 79.9. The van der Waals surface area contributed by atoms with E-state index in [1.807, 2.05) is 18.2 Å². The molecular formula is C14H17BrClN. The average Bonchev–Trinajstić information content (AvgIpc) is 3.14. The zero-order valence-corrected chi connectivity index (χ0v) is 12.1. The molecule has 2 saturated carbocycles. The van der Waals surface area contributed by atoms with Gasteiger partial charge in [0.1, 0.15) is 0 Å². The van der Waals surface area contributed by atoms with E-state index in [-0.39, 0.29) is 0 Å². The molecule has 2 aliphatic carbocycles. The van der Waals surface area contributed by atoms with Crippen molar-refractivity contribution in [2.45, 2.75) is 32.2 Å². The Morgan fingerprint density at radius 2 is 2.12 bits per heavy atom. The van der Waals surface area contributed by atoms with Crippen molar-refractivity contribution in [2.75, 3.05) is 6.54 Å². The summed E-state index contributed by atoms with van der Waals surface area (Å²) in [6.07, 6.45) is 5.79. The van der Waals surface area contributed by atoms with E-state index in [1.165, 1.54) is 37.8 Å². The predicted octanol–water partition coefficient (Wildman–Crippen LogP) is 4.38. The van der Waals surface area contributed by atoms with Crippen molar-refractivity contribution < 1.29 is 0 Å². The summed E-state index contributed by atoms with van der Waals surface area (Å²) in [6.45, 7) is 2.09. The Labute approximate surface area is 116 Å². The largest absolute Gasteiger partial charge is 0.312 e. The average molecular weight is 315 g/mol. The maximum atomic E-state index is 6.01. The minimum Gasteiger partial charge on any atom is -0.312 e. The summed E-state index contributed by atoms with van der Waals surface area (Å²) in [5.41, 5.74) is 1.93. The van der Waals surface area contributed by atoms with Crippen LogP contribution in [0, 0.1) is 11.3 Å². The fourth-order valence-corrected chi connectivity index (χ4v) is 3.29. The van der Waals surface area contributed by atoms with E-state index in [4.69, 9.17) is 11.6 Å². The van der Waals surface area contributed by atoms with Crippen molar-refractivity contribution in [3.8, 4) is 0 Å². The molecule has 92 valence electrons. The fourth-order valence-electron chi connectivity index (χ4n) is 2.71. The minimum absolute atomic E-state index is 0.672. The molecule has 0 heterocycles. The first-order valence-corrected chi connectivity index (χ1v) is 7.51. The van der Waals surface area contributed by atoms with Crippen LogP contribution >= 0.6 is 27.5 Å². The van der Waals surface area contributed by atoms with Gasteiger partial charge < -0.3 is 5.32 Å². The third kappa shape index (κ3) is 2.69. The molecule has 0 amide bonds.